The minimum atomic E-state index is -4.45. The molecular formula is C39H60N7O7P. The average molecular weight is 770 g/mol. The zero-order valence-corrected chi connectivity index (χ0v) is 32.8. The minimum absolute atomic E-state index is 0.115. The van der Waals surface area contributed by atoms with Crippen LogP contribution >= 0.6 is 7.82 Å². The molecule has 1 aliphatic heterocycles. The second-order valence-corrected chi connectivity index (χ2v) is 15.1. The van der Waals surface area contributed by atoms with Crippen molar-refractivity contribution >= 4 is 19.2 Å². The molecule has 4 unspecified atom stereocenters. The van der Waals surface area contributed by atoms with E-state index < -0.39 is 20.0 Å². The van der Waals surface area contributed by atoms with Crippen LogP contribution in [-0.4, -0.2) is 63.1 Å². The van der Waals surface area contributed by atoms with Crippen LogP contribution in [0.3, 0.4) is 0 Å². The quantitative estimate of drug-likeness (QED) is 0.0525. The number of anilines is 1. The number of nitriles is 2. The number of hydrogen-bond acceptors (Lipinski definition) is 12. The molecule has 4 rings (SSSR count). The van der Waals surface area contributed by atoms with Gasteiger partial charge in [0, 0.05) is 19.2 Å². The highest BCUT2D eigenvalue weighted by atomic mass is 31.2. The molecule has 3 aromatic heterocycles. The highest BCUT2D eigenvalue weighted by molar-refractivity contribution is 7.47. The molecular weight excluding hydrogens is 709 g/mol. The van der Waals surface area contributed by atoms with E-state index in [9.17, 15) is 14.7 Å². The highest BCUT2D eigenvalue weighted by Gasteiger charge is 2.32. The van der Waals surface area contributed by atoms with E-state index in [2.05, 4.69) is 28.6 Å². The van der Waals surface area contributed by atoms with Crippen molar-refractivity contribution in [1.82, 2.24) is 19.6 Å². The summed E-state index contributed by atoms with van der Waals surface area (Å²) in [6.07, 6.45) is 22.0. The molecule has 0 amide bonds. The van der Waals surface area contributed by atoms with Crippen molar-refractivity contribution in [2.75, 3.05) is 32.2 Å². The monoisotopic (exact) mass is 769 g/mol. The molecule has 0 saturated carbocycles. The van der Waals surface area contributed by atoms with Gasteiger partial charge in [-0.25, -0.2) is 24.3 Å². The Hall–Kier alpha value is -3.62. The van der Waals surface area contributed by atoms with Gasteiger partial charge in [0.25, 0.3) is 0 Å². The van der Waals surface area contributed by atoms with Gasteiger partial charge in [0.1, 0.15) is 35.8 Å². The first-order valence-electron chi connectivity index (χ1n) is 19.6. The van der Waals surface area contributed by atoms with Crippen LogP contribution in [0.1, 0.15) is 140 Å². The Morgan fingerprint density at radius 3 is 2.24 bits per heavy atom. The Labute approximate surface area is 320 Å². The fourth-order valence-electron chi connectivity index (χ4n) is 6.45. The van der Waals surface area contributed by atoms with E-state index >= 15 is 0 Å². The molecule has 0 spiro atoms. The largest absolute Gasteiger partial charge is 0.472 e. The molecule has 4 atom stereocenters. The third-order valence-corrected chi connectivity index (χ3v) is 10.3. The summed E-state index contributed by atoms with van der Waals surface area (Å²) in [7, 11) is -4.45. The zero-order valence-electron chi connectivity index (χ0n) is 31.9. The molecule has 54 heavy (non-hydrogen) atoms. The van der Waals surface area contributed by atoms with Crippen molar-refractivity contribution in [3.8, 4) is 18.5 Å². The van der Waals surface area contributed by atoms with E-state index in [1.54, 1.807) is 22.7 Å². The van der Waals surface area contributed by atoms with E-state index in [0.29, 0.717) is 30.8 Å². The van der Waals surface area contributed by atoms with Gasteiger partial charge >= 0.3 is 7.82 Å². The van der Waals surface area contributed by atoms with Crippen molar-refractivity contribution < 1.29 is 32.7 Å². The van der Waals surface area contributed by atoms with E-state index in [1.807, 2.05) is 18.2 Å². The van der Waals surface area contributed by atoms with Crippen molar-refractivity contribution in [1.29, 1.82) is 10.5 Å². The second-order valence-electron chi connectivity index (χ2n) is 13.7. The maximum Gasteiger partial charge on any atom is 0.472 e. The molecule has 1 saturated heterocycles. The molecule has 298 valence electrons. The number of aromatic nitrogens is 4. The fraction of sp³-hybridized carbons (Fsp3) is 0.667. The normalized spacial score (nSPS) is 17.0. The summed E-state index contributed by atoms with van der Waals surface area (Å²) in [5, 5.41) is 20.0. The van der Waals surface area contributed by atoms with Gasteiger partial charge in [-0.15, -0.1) is 0 Å². The Balaban J connectivity index is 0.00000385. The number of phosphoric acid groups is 1. The number of nitrogens with zero attached hydrogens (tertiary/aromatic N) is 6. The topological polar surface area (TPSA) is 200 Å². The van der Waals surface area contributed by atoms with Crippen LogP contribution in [0.4, 0.5) is 5.82 Å². The number of rotatable bonds is 28. The Morgan fingerprint density at radius 1 is 0.944 bits per heavy atom. The molecule has 1 aliphatic rings. The van der Waals surface area contributed by atoms with Crippen LogP contribution in [0, 0.1) is 23.2 Å². The molecule has 0 radical (unpaired) electrons. The van der Waals surface area contributed by atoms with Crippen molar-refractivity contribution in [3.05, 3.63) is 48.0 Å². The highest BCUT2D eigenvalue weighted by Crippen LogP contribution is 2.45. The Morgan fingerprint density at radius 2 is 1.59 bits per heavy atom. The predicted octanol–water partition coefficient (Wildman–Crippen LogP) is 8.80. The van der Waals surface area contributed by atoms with Gasteiger partial charge in [-0.1, -0.05) is 109 Å². The number of unbranched alkanes of at least 4 members (excludes halogenated alkanes) is 15. The number of phosphoric ester groups is 1. The van der Waals surface area contributed by atoms with Crippen LogP contribution in [0.5, 0.6) is 5.88 Å². The Bertz CT molecular complexity index is 1580. The van der Waals surface area contributed by atoms with Crippen molar-refractivity contribution in [2.24, 2.45) is 0 Å². The first kappa shape index (κ1) is 44.8. The second kappa shape index (κ2) is 26.2. The average Bonchev–Trinajstić information content (AvgIpc) is 3.85. The summed E-state index contributed by atoms with van der Waals surface area (Å²) in [6.45, 7) is 6.01. The molecule has 3 aromatic rings. The SMILES string of the molecule is C#N.CCCCCCCCCCCCCCCCCCOCC(COP(=O)(O)OCC1CCC(c2ccc3c(N)ncnn23)O1)Oc1cccc(C#N)n1. The summed E-state index contributed by atoms with van der Waals surface area (Å²) in [6, 6.07) is 10.5. The van der Waals surface area contributed by atoms with Gasteiger partial charge in [0.15, 0.2) is 5.82 Å². The third kappa shape index (κ3) is 16.8. The lowest BCUT2D eigenvalue weighted by Crippen LogP contribution is -2.29. The van der Waals surface area contributed by atoms with Crippen LogP contribution in [0.25, 0.3) is 5.52 Å². The maximum absolute atomic E-state index is 12.9. The van der Waals surface area contributed by atoms with E-state index in [-0.39, 0.29) is 37.5 Å². The molecule has 4 heterocycles. The summed E-state index contributed by atoms with van der Waals surface area (Å²) in [5.41, 5.74) is 7.66. The van der Waals surface area contributed by atoms with E-state index in [4.69, 9.17) is 34.3 Å². The summed E-state index contributed by atoms with van der Waals surface area (Å²) >= 11 is 0. The molecule has 3 N–H and O–H groups in total. The standard InChI is InChI=1S/C38H59N6O7P.CHN/c1-2-3-4-5-6-7-8-9-10-11-12-13-14-15-16-17-25-47-27-33(51-37-20-18-19-31(26-39)43-37)29-49-52(45,46)48-28-32-21-24-36(50-32)34-22-23-35-38(40)41-30-42-44(34)35;1-2/h18-20,22-23,30,32-33,36H,2-17,21,24-25,27-29H2,1H3,(H,45,46)(H2,40,41,42);1H. The molecule has 0 bridgehead atoms. The van der Waals surface area contributed by atoms with Gasteiger partial charge in [-0.3, -0.25) is 9.05 Å². The summed E-state index contributed by atoms with van der Waals surface area (Å²) in [5.74, 6) is 0.571. The number of ether oxygens (including phenoxy) is 3. The summed E-state index contributed by atoms with van der Waals surface area (Å²) < 4.78 is 43.1. The molecule has 0 aliphatic carbocycles. The maximum atomic E-state index is 12.9. The van der Waals surface area contributed by atoms with Crippen molar-refractivity contribution in [3.63, 3.8) is 0 Å². The Kier molecular flexibility index (Phi) is 21.7. The number of pyridine rings is 1. The molecule has 15 heteroatoms. The van der Waals surface area contributed by atoms with Gasteiger partial charge in [0.2, 0.25) is 5.88 Å². The van der Waals surface area contributed by atoms with Gasteiger partial charge < -0.3 is 24.8 Å². The van der Waals surface area contributed by atoms with Crippen LogP contribution in [0.15, 0.2) is 36.7 Å². The first-order valence-corrected chi connectivity index (χ1v) is 21.1. The van der Waals surface area contributed by atoms with Gasteiger partial charge in [0.05, 0.1) is 31.6 Å². The van der Waals surface area contributed by atoms with Crippen LogP contribution < -0.4 is 10.5 Å². The molecule has 0 aromatic carbocycles. The van der Waals surface area contributed by atoms with Crippen LogP contribution in [-0.2, 0) is 23.1 Å². The first-order chi connectivity index (χ1) is 26.4. The summed E-state index contributed by atoms with van der Waals surface area (Å²) in [4.78, 5) is 18.7. The number of hydrogen-bond donors (Lipinski definition) is 2. The zero-order chi connectivity index (χ0) is 38.9. The lowest BCUT2D eigenvalue weighted by Gasteiger charge is -2.21. The molecule has 1 fully saturated rings. The minimum Gasteiger partial charge on any atom is -0.469 e. The third-order valence-electron chi connectivity index (χ3n) is 9.37. The van der Waals surface area contributed by atoms with Crippen LogP contribution in [0.2, 0.25) is 0 Å². The number of nitrogens with two attached hydrogens (primary N) is 1. The van der Waals surface area contributed by atoms with E-state index in [1.165, 1.54) is 96.2 Å². The number of fused-ring (bicyclic) bond motifs is 1. The fourth-order valence-corrected chi connectivity index (χ4v) is 7.24. The van der Waals surface area contributed by atoms with E-state index in [0.717, 1.165) is 18.5 Å². The molecule has 14 nitrogen and oxygen atoms in total. The van der Waals surface area contributed by atoms with Gasteiger partial charge in [-0.05, 0) is 37.5 Å². The lowest BCUT2D eigenvalue weighted by atomic mass is 10.0. The van der Waals surface area contributed by atoms with Gasteiger partial charge in [-0.2, -0.15) is 10.4 Å². The smallest absolute Gasteiger partial charge is 0.469 e. The van der Waals surface area contributed by atoms with Crippen molar-refractivity contribution in [2.45, 2.75) is 141 Å². The predicted molar refractivity (Wildman–Crippen MR) is 206 cm³/mol. The number of nitrogen functional groups attached to an aromatic ring is 1. The lowest BCUT2D eigenvalue weighted by molar-refractivity contribution is -0.00648.